The van der Waals surface area contributed by atoms with Crippen LogP contribution >= 0.6 is 0 Å². The van der Waals surface area contributed by atoms with Gasteiger partial charge in [-0.25, -0.2) is 0 Å². The monoisotopic (exact) mass is 217 g/mol. The Morgan fingerprint density at radius 1 is 1.62 bits per heavy atom. The Bertz CT molecular complexity index is 462. The predicted octanol–water partition coefficient (Wildman–Crippen LogP) is 1.39. The molecule has 16 heavy (non-hydrogen) atoms. The van der Waals surface area contributed by atoms with Gasteiger partial charge < -0.3 is 9.84 Å². The average Bonchev–Trinajstić information content (AvgIpc) is 2.72. The molecule has 1 N–H and O–H groups in total. The van der Waals surface area contributed by atoms with Gasteiger partial charge in [0.15, 0.2) is 0 Å². The van der Waals surface area contributed by atoms with E-state index in [4.69, 9.17) is 15.1 Å². The zero-order valence-electron chi connectivity index (χ0n) is 8.64. The van der Waals surface area contributed by atoms with Crippen LogP contribution in [0.15, 0.2) is 18.2 Å². The summed E-state index contributed by atoms with van der Waals surface area (Å²) in [5, 5.41) is 17.5. The van der Waals surface area contributed by atoms with E-state index in [-0.39, 0.29) is 6.42 Å². The summed E-state index contributed by atoms with van der Waals surface area (Å²) in [6, 6.07) is 7.37. The van der Waals surface area contributed by atoms with Crippen molar-refractivity contribution in [3.63, 3.8) is 0 Å². The number of hydrogen-bond acceptors (Lipinski definition) is 3. The van der Waals surface area contributed by atoms with E-state index in [0.29, 0.717) is 6.61 Å². The van der Waals surface area contributed by atoms with Crippen molar-refractivity contribution < 1.29 is 14.6 Å². The summed E-state index contributed by atoms with van der Waals surface area (Å²) in [5.74, 6) is -1.17. The predicted molar refractivity (Wildman–Crippen MR) is 56.1 cm³/mol. The number of ether oxygens (including phenoxy) is 1. The van der Waals surface area contributed by atoms with Crippen LogP contribution in [-0.4, -0.2) is 17.7 Å². The van der Waals surface area contributed by atoms with Gasteiger partial charge in [0.25, 0.3) is 0 Å². The lowest BCUT2D eigenvalue weighted by Crippen LogP contribution is -2.14. The maximum absolute atomic E-state index is 10.7. The number of rotatable bonds is 3. The number of carboxylic acid groups (broad SMARTS) is 1. The van der Waals surface area contributed by atoms with Crippen molar-refractivity contribution in [3.8, 4) is 11.8 Å². The summed E-state index contributed by atoms with van der Waals surface area (Å²) >= 11 is 0. The average molecular weight is 217 g/mol. The van der Waals surface area contributed by atoms with Gasteiger partial charge in [-0.3, -0.25) is 4.79 Å². The molecule has 0 aliphatic carbocycles. The molecule has 4 heteroatoms. The molecule has 1 aromatic carbocycles. The van der Waals surface area contributed by atoms with Crippen LogP contribution in [0.4, 0.5) is 0 Å². The minimum Gasteiger partial charge on any atom is -0.493 e. The second-order valence-corrected chi connectivity index (χ2v) is 3.76. The fourth-order valence-corrected chi connectivity index (χ4v) is 1.79. The van der Waals surface area contributed by atoms with Gasteiger partial charge in [0, 0.05) is 6.42 Å². The van der Waals surface area contributed by atoms with Crippen molar-refractivity contribution in [1.82, 2.24) is 0 Å². The summed E-state index contributed by atoms with van der Waals surface area (Å²) in [6.07, 6.45) is 1.10. The molecule has 0 saturated carbocycles. The van der Waals surface area contributed by atoms with Crippen LogP contribution in [0.2, 0.25) is 0 Å². The number of carbonyl (C=O) groups is 1. The van der Waals surface area contributed by atoms with Crippen LogP contribution in [-0.2, 0) is 17.6 Å². The van der Waals surface area contributed by atoms with Crippen molar-refractivity contribution in [3.05, 3.63) is 29.3 Å². The molecule has 1 heterocycles. The largest absolute Gasteiger partial charge is 0.493 e. The van der Waals surface area contributed by atoms with E-state index in [1.54, 1.807) is 6.07 Å². The highest BCUT2D eigenvalue weighted by atomic mass is 16.5. The van der Waals surface area contributed by atoms with Crippen LogP contribution in [0.3, 0.4) is 0 Å². The number of nitriles is 1. The first-order valence-corrected chi connectivity index (χ1v) is 5.07. The van der Waals surface area contributed by atoms with Crippen LogP contribution < -0.4 is 4.74 Å². The van der Waals surface area contributed by atoms with Gasteiger partial charge in [-0.1, -0.05) is 12.1 Å². The van der Waals surface area contributed by atoms with Crippen LogP contribution in [0.1, 0.15) is 11.1 Å². The summed E-state index contributed by atoms with van der Waals surface area (Å²) in [6.45, 7) is 0.680. The Kier molecular flexibility index (Phi) is 2.78. The highest BCUT2D eigenvalue weighted by molar-refractivity contribution is 5.73. The van der Waals surface area contributed by atoms with Crippen LogP contribution in [0, 0.1) is 17.2 Å². The lowest BCUT2D eigenvalue weighted by molar-refractivity contribution is -0.139. The molecule has 1 unspecified atom stereocenters. The van der Waals surface area contributed by atoms with Gasteiger partial charge in [-0.2, -0.15) is 5.26 Å². The maximum Gasteiger partial charge on any atom is 0.321 e. The van der Waals surface area contributed by atoms with Gasteiger partial charge in [0.2, 0.25) is 0 Å². The minimum absolute atomic E-state index is 0.249. The van der Waals surface area contributed by atoms with Crippen molar-refractivity contribution in [2.24, 2.45) is 5.92 Å². The zero-order chi connectivity index (χ0) is 11.5. The van der Waals surface area contributed by atoms with Crippen molar-refractivity contribution in [2.45, 2.75) is 12.8 Å². The van der Waals surface area contributed by atoms with Crippen LogP contribution in [0.5, 0.6) is 5.75 Å². The highest BCUT2D eigenvalue weighted by Gasteiger charge is 2.19. The lowest BCUT2D eigenvalue weighted by Gasteiger charge is -2.05. The molecule has 4 nitrogen and oxygen atoms in total. The first-order valence-electron chi connectivity index (χ1n) is 5.07. The first kappa shape index (κ1) is 10.5. The third-order valence-electron chi connectivity index (χ3n) is 2.65. The fraction of sp³-hybridized carbons (Fsp3) is 0.333. The van der Waals surface area contributed by atoms with Gasteiger partial charge >= 0.3 is 5.97 Å². The van der Waals surface area contributed by atoms with E-state index < -0.39 is 11.9 Å². The van der Waals surface area contributed by atoms with E-state index >= 15 is 0 Å². The number of hydrogen-bond donors (Lipinski definition) is 1. The molecule has 2 rings (SSSR count). The van der Waals surface area contributed by atoms with Crippen molar-refractivity contribution >= 4 is 5.97 Å². The molecular formula is C12H11NO3. The fourth-order valence-electron chi connectivity index (χ4n) is 1.79. The smallest absolute Gasteiger partial charge is 0.321 e. The van der Waals surface area contributed by atoms with Crippen LogP contribution in [0.25, 0.3) is 0 Å². The van der Waals surface area contributed by atoms with Gasteiger partial charge in [0.1, 0.15) is 11.7 Å². The third-order valence-corrected chi connectivity index (χ3v) is 2.65. The van der Waals surface area contributed by atoms with Gasteiger partial charge in [-0.15, -0.1) is 0 Å². The molecule has 1 aliphatic rings. The number of aliphatic carboxylic acids is 1. The molecule has 0 aromatic heterocycles. The van der Waals surface area contributed by atoms with Crippen molar-refractivity contribution in [2.75, 3.05) is 6.61 Å². The Labute approximate surface area is 93.1 Å². The standard InChI is InChI=1S/C12H11NO3/c13-7-10(12(14)15)6-8-1-2-11-9(5-8)3-4-16-11/h1-2,5,10H,3-4,6H2,(H,14,15). The molecule has 0 radical (unpaired) electrons. The van der Waals surface area contributed by atoms with Gasteiger partial charge in [0.05, 0.1) is 12.7 Å². The summed E-state index contributed by atoms with van der Waals surface area (Å²) < 4.78 is 5.35. The zero-order valence-corrected chi connectivity index (χ0v) is 8.64. The molecule has 82 valence electrons. The second kappa shape index (κ2) is 4.23. The summed E-state index contributed by atoms with van der Waals surface area (Å²) in [7, 11) is 0. The topological polar surface area (TPSA) is 70.3 Å². The summed E-state index contributed by atoms with van der Waals surface area (Å²) in [4.78, 5) is 10.7. The van der Waals surface area contributed by atoms with E-state index in [9.17, 15) is 4.79 Å². The molecule has 0 amide bonds. The van der Waals surface area contributed by atoms with E-state index in [0.717, 1.165) is 23.3 Å². The molecule has 1 atom stereocenters. The maximum atomic E-state index is 10.7. The van der Waals surface area contributed by atoms with E-state index in [2.05, 4.69) is 0 Å². The van der Waals surface area contributed by atoms with Crippen molar-refractivity contribution in [1.29, 1.82) is 5.26 Å². The Balaban J connectivity index is 2.17. The lowest BCUT2D eigenvalue weighted by atomic mass is 9.98. The quantitative estimate of drug-likeness (QED) is 0.830. The van der Waals surface area contributed by atoms with E-state index in [1.165, 1.54) is 0 Å². The number of carboxylic acids is 1. The first-order chi connectivity index (χ1) is 7.70. The molecule has 1 aliphatic heterocycles. The Morgan fingerprint density at radius 3 is 3.12 bits per heavy atom. The minimum atomic E-state index is -1.07. The van der Waals surface area contributed by atoms with Gasteiger partial charge in [-0.05, 0) is 23.6 Å². The molecule has 0 bridgehead atoms. The molecular weight excluding hydrogens is 206 g/mol. The number of benzene rings is 1. The molecule has 0 saturated heterocycles. The summed E-state index contributed by atoms with van der Waals surface area (Å²) in [5.41, 5.74) is 1.97. The normalized spacial score (nSPS) is 14.7. The SMILES string of the molecule is N#CC(Cc1ccc2c(c1)CCO2)C(=O)O. The number of fused-ring (bicyclic) bond motifs is 1. The third kappa shape index (κ3) is 1.98. The molecule has 1 aromatic rings. The Morgan fingerprint density at radius 2 is 2.44 bits per heavy atom. The van der Waals surface area contributed by atoms with E-state index in [1.807, 2.05) is 18.2 Å². The second-order valence-electron chi connectivity index (χ2n) is 3.76. The molecule has 0 spiro atoms. The highest BCUT2D eigenvalue weighted by Crippen LogP contribution is 2.26. The Hall–Kier alpha value is -2.02. The number of nitrogens with zero attached hydrogens (tertiary/aromatic N) is 1. The molecule has 0 fully saturated rings.